The highest BCUT2D eigenvalue weighted by molar-refractivity contribution is 6.34. The second kappa shape index (κ2) is 4.81. The summed E-state index contributed by atoms with van der Waals surface area (Å²) in [6.07, 6.45) is 0. The third-order valence-corrected chi connectivity index (χ3v) is 2.62. The van der Waals surface area contributed by atoms with E-state index in [2.05, 4.69) is 5.32 Å². The summed E-state index contributed by atoms with van der Waals surface area (Å²) in [6, 6.07) is 2.66. The van der Waals surface area contributed by atoms with Gasteiger partial charge in [-0.15, -0.1) is 0 Å². The van der Waals surface area contributed by atoms with Gasteiger partial charge >= 0.3 is 0 Å². The van der Waals surface area contributed by atoms with Gasteiger partial charge in [0.2, 0.25) is 5.91 Å². The Morgan fingerprint density at radius 1 is 1.41 bits per heavy atom. The fraction of sp³-hybridized carbons (Fsp3) is 0.364. The van der Waals surface area contributed by atoms with E-state index in [0.29, 0.717) is 35.4 Å². The van der Waals surface area contributed by atoms with Crippen molar-refractivity contribution in [2.75, 3.05) is 18.5 Å². The summed E-state index contributed by atoms with van der Waals surface area (Å²) in [5, 5.41) is 3.02. The molecular formula is C11H13ClN2O3. The van der Waals surface area contributed by atoms with Crippen molar-refractivity contribution in [1.82, 2.24) is 0 Å². The lowest BCUT2D eigenvalue weighted by Gasteiger charge is -2.20. The summed E-state index contributed by atoms with van der Waals surface area (Å²) in [4.78, 5) is 11.5. The molecule has 17 heavy (non-hydrogen) atoms. The number of benzene rings is 1. The minimum atomic E-state index is -0.598. The highest BCUT2D eigenvalue weighted by Gasteiger charge is 2.17. The van der Waals surface area contributed by atoms with Crippen molar-refractivity contribution in [2.24, 2.45) is 5.73 Å². The van der Waals surface area contributed by atoms with Gasteiger partial charge in [0, 0.05) is 12.1 Å². The minimum Gasteiger partial charge on any atom is -0.486 e. The molecule has 0 spiro atoms. The second-order valence-electron chi connectivity index (χ2n) is 3.75. The van der Waals surface area contributed by atoms with Crippen LogP contribution in [0.3, 0.4) is 0 Å². The number of hydrogen-bond acceptors (Lipinski definition) is 4. The fourth-order valence-electron chi connectivity index (χ4n) is 1.41. The van der Waals surface area contributed by atoms with E-state index in [9.17, 15) is 4.79 Å². The van der Waals surface area contributed by atoms with Gasteiger partial charge in [-0.3, -0.25) is 4.79 Å². The number of rotatable bonds is 2. The average molecular weight is 257 g/mol. The van der Waals surface area contributed by atoms with Crippen molar-refractivity contribution in [2.45, 2.75) is 13.0 Å². The van der Waals surface area contributed by atoms with Crippen molar-refractivity contribution in [3.63, 3.8) is 0 Å². The maximum atomic E-state index is 11.5. The highest BCUT2D eigenvalue weighted by Crippen LogP contribution is 2.37. The van der Waals surface area contributed by atoms with Crippen molar-refractivity contribution in [3.8, 4) is 11.5 Å². The minimum absolute atomic E-state index is 0.302. The van der Waals surface area contributed by atoms with Crippen molar-refractivity contribution < 1.29 is 14.3 Å². The molecule has 3 N–H and O–H groups in total. The number of nitrogens with two attached hydrogens (primary N) is 1. The Bertz CT molecular complexity index is 449. The zero-order chi connectivity index (χ0) is 12.4. The Morgan fingerprint density at radius 3 is 2.59 bits per heavy atom. The van der Waals surface area contributed by atoms with Crippen LogP contribution in [0.25, 0.3) is 0 Å². The van der Waals surface area contributed by atoms with Crippen LogP contribution < -0.4 is 20.5 Å². The zero-order valence-electron chi connectivity index (χ0n) is 9.33. The Hall–Kier alpha value is -1.46. The summed E-state index contributed by atoms with van der Waals surface area (Å²) >= 11 is 6.02. The van der Waals surface area contributed by atoms with Crippen LogP contribution in [0.5, 0.6) is 11.5 Å². The lowest BCUT2D eigenvalue weighted by molar-refractivity contribution is -0.117. The molecule has 0 fully saturated rings. The standard InChI is InChI=1S/C11H13ClN2O3/c1-6(13)11(15)14-8-5-10-9(4-7(8)12)16-2-3-17-10/h4-6H,2-3,13H2,1H3,(H,14,15)/t6-/m0/s1. The first-order valence-electron chi connectivity index (χ1n) is 5.23. The molecular weight excluding hydrogens is 244 g/mol. The summed E-state index contributed by atoms with van der Waals surface area (Å²) < 4.78 is 10.8. The van der Waals surface area contributed by atoms with Crippen LogP contribution >= 0.6 is 11.6 Å². The van der Waals surface area contributed by atoms with Crippen LogP contribution in [-0.4, -0.2) is 25.2 Å². The molecule has 0 bridgehead atoms. The molecule has 1 aliphatic rings. The maximum absolute atomic E-state index is 11.5. The molecule has 1 aromatic rings. The van der Waals surface area contributed by atoms with Crippen LogP contribution in [0, 0.1) is 0 Å². The molecule has 0 radical (unpaired) electrons. The van der Waals surface area contributed by atoms with Crippen LogP contribution in [0.1, 0.15) is 6.92 Å². The van der Waals surface area contributed by atoms with E-state index in [1.807, 2.05) is 0 Å². The number of anilines is 1. The van der Waals surface area contributed by atoms with E-state index in [1.165, 1.54) is 0 Å². The molecule has 1 aromatic carbocycles. The summed E-state index contributed by atoms with van der Waals surface area (Å²) in [7, 11) is 0. The van der Waals surface area contributed by atoms with E-state index in [1.54, 1.807) is 19.1 Å². The molecule has 1 atom stereocenters. The molecule has 1 heterocycles. The van der Waals surface area contributed by atoms with Gasteiger partial charge in [0.05, 0.1) is 16.8 Å². The van der Waals surface area contributed by atoms with Gasteiger partial charge in [-0.2, -0.15) is 0 Å². The third-order valence-electron chi connectivity index (χ3n) is 2.30. The van der Waals surface area contributed by atoms with Crippen molar-refractivity contribution in [3.05, 3.63) is 17.2 Å². The Morgan fingerprint density at radius 2 is 2.00 bits per heavy atom. The van der Waals surface area contributed by atoms with Gasteiger partial charge in [0.25, 0.3) is 0 Å². The maximum Gasteiger partial charge on any atom is 0.241 e. The Labute approximate surface area is 104 Å². The van der Waals surface area contributed by atoms with E-state index in [4.69, 9.17) is 26.8 Å². The Balaban J connectivity index is 2.26. The smallest absolute Gasteiger partial charge is 0.241 e. The Kier molecular flexibility index (Phi) is 3.40. The molecule has 1 aliphatic heterocycles. The molecule has 0 saturated heterocycles. The predicted molar refractivity (Wildman–Crippen MR) is 64.7 cm³/mol. The van der Waals surface area contributed by atoms with Gasteiger partial charge in [-0.05, 0) is 6.92 Å². The summed E-state index contributed by atoms with van der Waals surface area (Å²) in [6.45, 7) is 2.57. The predicted octanol–water partition coefficient (Wildman–Crippen LogP) is 1.40. The monoisotopic (exact) mass is 256 g/mol. The van der Waals surface area contributed by atoms with E-state index in [-0.39, 0.29) is 5.91 Å². The number of nitrogens with one attached hydrogen (secondary N) is 1. The molecule has 0 aromatic heterocycles. The van der Waals surface area contributed by atoms with Gasteiger partial charge in [-0.25, -0.2) is 0 Å². The molecule has 0 aliphatic carbocycles. The van der Waals surface area contributed by atoms with Crippen molar-refractivity contribution in [1.29, 1.82) is 0 Å². The normalized spacial score (nSPS) is 15.2. The summed E-state index contributed by atoms with van der Waals surface area (Å²) in [5.74, 6) is 0.851. The number of carbonyl (C=O) groups is 1. The topological polar surface area (TPSA) is 73.6 Å². The fourth-order valence-corrected chi connectivity index (χ4v) is 1.61. The average Bonchev–Trinajstić information content (AvgIpc) is 2.29. The SMILES string of the molecule is C[C@H](N)C(=O)Nc1cc2c(cc1Cl)OCCO2. The number of carbonyl (C=O) groups excluding carboxylic acids is 1. The van der Waals surface area contributed by atoms with E-state index in [0.717, 1.165) is 0 Å². The van der Waals surface area contributed by atoms with Crippen LogP contribution in [0.4, 0.5) is 5.69 Å². The quantitative estimate of drug-likeness (QED) is 0.839. The number of amides is 1. The number of halogens is 1. The number of ether oxygens (including phenoxy) is 2. The molecule has 2 rings (SSSR count). The number of fused-ring (bicyclic) bond motifs is 1. The first-order valence-corrected chi connectivity index (χ1v) is 5.61. The highest BCUT2D eigenvalue weighted by atomic mass is 35.5. The molecule has 6 heteroatoms. The molecule has 92 valence electrons. The van der Waals surface area contributed by atoms with Gasteiger partial charge < -0.3 is 20.5 Å². The van der Waals surface area contributed by atoms with Crippen molar-refractivity contribution >= 4 is 23.2 Å². The summed E-state index contributed by atoms with van der Waals surface area (Å²) in [5.41, 5.74) is 5.93. The van der Waals surface area contributed by atoms with E-state index >= 15 is 0 Å². The molecule has 5 nitrogen and oxygen atoms in total. The van der Waals surface area contributed by atoms with Crippen LogP contribution in [0.2, 0.25) is 5.02 Å². The van der Waals surface area contributed by atoms with Gasteiger partial charge in [0.1, 0.15) is 13.2 Å². The van der Waals surface area contributed by atoms with Gasteiger partial charge in [-0.1, -0.05) is 11.6 Å². The largest absolute Gasteiger partial charge is 0.486 e. The van der Waals surface area contributed by atoms with Crippen LogP contribution in [0.15, 0.2) is 12.1 Å². The second-order valence-corrected chi connectivity index (χ2v) is 4.16. The zero-order valence-corrected chi connectivity index (χ0v) is 10.1. The molecule has 0 unspecified atom stereocenters. The lowest BCUT2D eigenvalue weighted by Crippen LogP contribution is -2.32. The van der Waals surface area contributed by atoms with E-state index < -0.39 is 6.04 Å². The number of hydrogen-bond donors (Lipinski definition) is 2. The van der Waals surface area contributed by atoms with Gasteiger partial charge in [0.15, 0.2) is 11.5 Å². The lowest BCUT2D eigenvalue weighted by atomic mass is 10.2. The first-order chi connectivity index (χ1) is 8.08. The first kappa shape index (κ1) is 12.0. The third kappa shape index (κ3) is 2.62. The van der Waals surface area contributed by atoms with Crippen LogP contribution in [-0.2, 0) is 4.79 Å². The molecule has 1 amide bonds. The molecule has 0 saturated carbocycles.